The topological polar surface area (TPSA) is 108 Å². The van der Waals surface area contributed by atoms with Gasteiger partial charge < -0.3 is 19.5 Å². The second-order valence-electron chi connectivity index (χ2n) is 6.65. The van der Waals surface area contributed by atoms with Crippen LogP contribution < -0.4 is 5.32 Å². The fourth-order valence-corrected chi connectivity index (χ4v) is 3.17. The first-order valence-electron chi connectivity index (χ1n) is 9.54. The maximum Gasteiger partial charge on any atom is 0.336 e. The zero-order chi connectivity index (χ0) is 22.8. The van der Waals surface area contributed by atoms with Gasteiger partial charge in [0.1, 0.15) is 17.6 Å². The molecule has 0 unspecified atom stereocenters. The maximum absolute atomic E-state index is 12.8. The number of hydrogen-bond acceptors (Lipinski definition) is 8. The van der Waals surface area contributed by atoms with Gasteiger partial charge in [-0.15, -0.1) is 0 Å². The molecule has 1 aromatic carbocycles. The van der Waals surface area contributed by atoms with Gasteiger partial charge in [-0.1, -0.05) is 30.3 Å². The van der Waals surface area contributed by atoms with Gasteiger partial charge in [-0.05, 0) is 33.3 Å². The maximum atomic E-state index is 12.8. The molecule has 0 aliphatic rings. The van der Waals surface area contributed by atoms with Crippen LogP contribution in [0.1, 0.15) is 39.3 Å². The van der Waals surface area contributed by atoms with Crippen molar-refractivity contribution in [1.82, 2.24) is 5.32 Å². The molecule has 0 fully saturated rings. The molecule has 8 heteroatoms. The molecule has 0 aliphatic carbocycles. The number of Topliss-reactive ketones (excluding diaryl/α,β-unsaturated/α-hetero) is 1. The number of benzene rings is 1. The second kappa shape index (κ2) is 11.7. The second-order valence-corrected chi connectivity index (χ2v) is 6.65. The summed E-state index contributed by atoms with van der Waals surface area (Å²) in [5, 5.41) is 3.15. The van der Waals surface area contributed by atoms with Crippen molar-refractivity contribution in [2.75, 3.05) is 20.8 Å². The molecule has 0 saturated carbocycles. The standard InChI is InChI=1S/C22H29NO7/c1-7-30-22(27)19(18(15(4)24)21(26)29-6)17(20(25)28-5)14(3)23-13(2)16-11-9-8-10-12-16/h8-13,18-19,23H,7H2,1-6H3/b17-14-/t13-,18+,19-/m0/s1. The quantitative estimate of drug-likeness (QED) is 0.266. The van der Waals surface area contributed by atoms with Gasteiger partial charge in [0.2, 0.25) is 0 Å². The third kappa shape index (κ3) is 6.17. The smallest absolute Gasteiger partial charge is 0.336 e. The lowest BCUT2D eigenvalue weighted by Crippen LogP contribution is -2.41. The Bertz CT molecular complexity index is 801. The first-order valence-corrected chi connectivity index (χ1v) is 9.54. The first kappa shape index (κ1) is 24.9. The van der Waals surface area contributed by atoms with E-state index >= 15 is 0 Å². The van der Waals surface area contributed by atoms with E-state index in [9.17, 15) is 19.2 Å². The average Bonchev–Trinajstić information content (AvgIpc) is 2.73. The number of esters is 3. The number of hydrogen-bond donors (Lipinski definition) is 1. The van der Waals surface area contributed by atoms with Crippen molar-refractivity contribution in [2.45, 2.75) is 33.7 Å². The highest BCUT2D eigenvalue weighted by molar-refractivity contribution is 6.06. The number of ketones is 1. The van der Waals surface area contributed by atoms with Crippen LogP contribution in [0.2, 0.25) is 0 Å². The molecule has 0 aliphatic heterocycles. The van der Waals surface area contributed by atoms with Crippen LogP contribution in [-0.4, -0.2) is 44.5 Å². The number of ether oxygens (including phenoxy) is 3. The fraction of sp³-hybridized carbons (Fsp3) is 0.455. The lowest BCUT2D eigenvalue weighted by atomic mass is 9.82. The van der Waals surface area contributed by atoms with Crippen LogP contribution in [0.15, 0.2) is 41.6 Å². The molecule has 8 nitrogen and oxygen atoms in total. The summed E-state index contributed by atoms with van der Waals surface area (Å²) >= 11 is 0. The predicted molar refractivity (Wildman–Crippen MR) is 109 cm³/mol. The average molecular weight is 419 g/mol. The number of carbonyl (C=O) groups excluding carboxylic acids is 4. The summed E-state index contributed by atoms with van der Waals surface area (Å²) in [4.78, 5) is 50.1. The molecule has 0 aromatic heterocycles. The highest BCUT2D eigenvalue weighted by atomic mass is 16.5. The van der Waals surface area contributed by atoms with Crippen molar-refractivity contribution >= 4 is 23.7 Å². The van der Waals surface area contributed by atoms with E-state index in [1.807, 2.05) is 37.3 Å². The molecule has 164 valence electrons. The van der Waals surface area contributed by atoms with Crippen LogP contribution in [0.3, 0.4) is 0 Å². The van der Waals surface area contributed by atoms with E-state index in [2.05, 4.69) is 5.32 Å². The van der Waals surface area contributed by atoms with E-state index in [0.29, 0.717) is 0 Å². The molecule has 1 aromatic rings. The van der Waals surface area contributed by atoms with Gasteiger partial charge in [0.15, 0.2) is 0 Å². The monoisotopic (exact) mass is 419 g/mol. The predicted octanol–water partition coefficient (Wildman–Crippen LogP) is 2.34. The molecular formula is C22H29NO7. The summed E-state index contributed by atoms with van der Waals surface area (Å²) in [6, 6.07) is 9.19. The number of rotatable bonds is 10. The molecule has 0 amide bonds. The molecule has 0 heterocycles. The zero-order valence-electron chi connectivity index (χ0n) is 18.2. The van der Waals surface area contributed by atoms with Gasteiger partial charge in [0.25, 0.3) is 0 Å². The number of allylic oxidation sites excluding steroid dienone is 1. The summed E-state index contributed by atoms with van der Waals surface area (Å²) in [7, 11) is 2.25. The Labute approximate surface area is 176 Å². The van der Waals surface area contributed by atoms with Crippen molar-refractivity contribution in [3.8, 4) is 0 Å². The van der Waals surface area contributed by atoms with Crippen molar-refractivity contribution in [3.05, 3.63) is 47.2 Å². The number of carbonyl (C=O) groups is 4. The van der Waals surface area contributed by atoms with Gasteiger partial charge in [-0.2, -0.15) is 0 Å². The van der Waals surface area contributed by atoms with Gasteiger partial charge in [0, 0.05) is 11.7 Å². The van der Waals surface area contributed by atoms with Gasteiger partial charge >= 0.3 is 17.9 Å². The lowest BCUT2D eigenvalue weighted by Gasteiger charge is -2.26. The molecule has 0 saturated heterocycles. The zero-order valence-corrected chi connectivity index (χ0v) is 18.2. The molecular weight excluding hydrogens is 390 g/mol. The number of nitrogens with one attached hydrogen (secondary N) is 1. The molecule has 30 heavy (non-hydrogen) atoms. The Kier molecular flexibility index (Phi) is 9.74. The molecule has 1 rings (SSSR count). The molecule has 3 atom stereocenters. The molecule has 0 spiro atoms. The van der Waals surface area contributed by atoms with E-state index in [1.165, 1.54) is 0 Å². The van der Waals surface area contributed by atoms with E-state index in [0.717, 1.165) is 26.7 Å². The van der Waals surface area contributed by atoms with Crippen LogP contribution in [0.25, 0.3) is 0 Å². The highest BCUT2D eigenvalue weighted by Gasteiger charge is 2.45. The van der Waals surface area contributed by atoms with E-state index in [4.69, 9.17) is 14.2 Å². The first-order chi connectivity index (χ1) is 14.2. The summed E-state index contributed by atoms with van der Waals surface area (Å²) in [6.45, 7) is 6.18. The normalized spacial score (nSPS) is 14.5. The Balaban J connectivity index is 3.56. The van der Waals surface area contributed by atoms with Crippen LogP contribution in [0.5, 0.6) is 0 Å². The Morgan fingerprint density at radius 2 is 1.53 bits per heavy atom. The SMILES string of the molecule is CCOC(=O)[C@@H](/C(C(=O)OC)=C(\C)N[C@@H](C)c1ccccc1)[C@@H](C(C)=O)C(=O)OC. The van der Waals surface area contributed by atoms with Crippen molar-refractivity contribution in [2.24, 2.45) is 11.8 Å². The van der Waals surface area contributed by atoms with Gasteiger partial charge in [-0.3, -0.25) is 14.4 Å². The fourth-order valence-electron chi connectivity index (χ4n) is 3.17. The number of methoxy groups -OCH3 is 2. The third-order valence-corrected chi connectivity index (χ3v) is 4.62. The van der Waals surface area contributed by atoms with Gasteiger partial charge in [-0.25, -0.2) is 4.79 Å². The van der Waals surface area contributed by atoms with Crippen LogP contribution in [0.4, 0.5) is 0 Å². The summed E-state index contributed by atoms with van der Waals surface area (Å²) < 4.78 is 14.7. The highest BCUT2D eigenvalue weighted by Crippen LogP contribution is 2.29. The Morgan fingerprint density at radius 3 is 2.00 bits per heavy atom. The molecule has 0 bridgehead atoms. The van der Waals surface area contributed by atoms with Crippen molar-refractivity contribution in [1.29, 1.82) is 0 Å². The third-order valence-electron chi connectivity index (χ3n) is 4.62. The Hall–Kier alpha value is -3.16. The van der Waals surface area contributed by atoms with Crippen LogP contribution >= 0.6 is 0 Å². The van der Waals surface area contributed by atoms with E-state index in [1.54, 1.807) is 13.8 Å². The van der Waals surface area contributed by atoms with Crippen LogP contribution in [0, 0.1) is 11.8 Å². The van der Waals surface area contributed by atoms with Crippen molar-refractivity contribution in [3.63, 3.8) is 0 Å². The minimum atomic E-state index is -1.55. The summed E-state index contributed by atoms with van der Waals surface area (Å²) in [5.41, 5.74) is 1.06. The van der Waals surface area contributed by atoms with E-state index < -0.39 is 35.5 Å². The Morgan fingerprint density at radius 1 is 0.933 bits per heavy atom. The largest absolute Gasteiger partial charge is 0.468 e. The summed E-state index contributed by atoms with van der Waals surface area (Å²) in [5.74, 6) is -6.38. The minimum absolute atomic E-state index is 0.00246. The summed E-state index contributed by atoms with van der Waals surface area (Å²) in [6.07, 6.45) is 0. The van der Waals surface area contributed by atoms with Crippen molar-refractivity contribution < 1.29 is 33.4 Å². The lowest BCUT2D eigenvalue weighted by molar-refractivity contribution is -0.161. The van der Waals surface area contributed by atoms with Gasteiger partial charge in [0.05, 0.1) is 26.4 Å². The molecule has 0 radical (unpaired) electrons. The minimum Gasteiger partial charge on any atom is -0.468 e. The van der Waals surface area contributed by atoms with Crippen LogP contribution in [-0.2, 0) is 33.4 Å². The van der Waals surface area contributed by atoms with E-state index in [-0.39, 0.29) is 23.9 Å². The molecule has 1 N–H and O–H groups in total.